The Morgan fingerprint density at radius 1 is 1.04 bits per heavy atom. The molecule has 0 radical (unpaired) electrons. The summed E-state index contributed by atoms with van der Waals surface area (Å²) in [7, 11) is 1.63. The van der Waals surface area contributed by atoms with Crippen LogP contribution in [0.1, 0.15) is 6.42 Å². The summed E-state index contributed by atoms with van der Waals surface area (Å²) in [6, 6.07) is 10.9. The minimum absolute atomic E-state index is 0.380. The molecule has 2 aliphatic rings. The SMILES string of the molecule is COc1ccc(-c2ccc3c(c2)=CCC2C=CC=CC2NC=3)cn1. The van der Waals surface area contributed by atoms with Gasteiger partial charge < -0.3 is 10.1 Å². The summed E-state index contributed by atoms with van der Waals surface area (Å²) in [6.07, 6.45) is 16.1. The molecule has 0 amide bonds. The Morgan fingerprint density at radius 2 is 1.92 bits per heavy atom. The van der Waals surface area contributed by atoms with Gasteiger partial charge in [0, 0.05) is 29.9 Å². The number of pyridine rings is 1. The first-order chi connectivity index (χ1) is 11.8. The molecule has 2 aromatic rings. The number of hydrogen-bond acceptors (Lipinski definition) is 3. The maximum atomic E-state index is 5.13. The molecule has 0 saturated carbocycles. The van der Waals surface area contributed by atoms with E-state index in [4.69, 9.17) is 4.74 Å². The van der Waals surface area contributed by atoms with Crippen LogP contribution < -0.4 is 20.5 Å². The van der Waals surface area contributed by atoms with E-state index in [1.807, 2.05) is 18.3 Å². The second-order valence-electron chi connectivity index (χ2n) is 6.14. The van der Waals surface area contributed by atoms with Gasteiger partial charge in [-0.05, 0) is 34.6 Å². The van der Waals surface area contributed by atoms with Crippen molar-refractivity contribution in [3.8, 4) is 17.0 Å². The van der Waals surface area contributed by atoms with Crippen molar-refractivity contribution in [2.45, 2.75) is 12.5 Å². The molecule has 2 unspecified atom stereocenters. The first-order valence-electron chi connectivity index (χ1n) is 8.25. The summed E-state index contributed by atoms with van der Waals surface area (Å²) in [5, 5.41) is 6.03. The van der Waals surface area contributed by atoms with Crippen molar-refractivity contribution in [2.24, 2.45) is 5.92 Å². The fourth-order valence-electron chi connectivity index (χ4n) is 3.24. The number of aromatic nitrogens is 1. The fourth-order valence-corrected chi connectivity index (χ4v) is 3.24. The summed E-state index contributed by atoms with van der Waals surface area (Å²) in [5.41, 5.74) is 2.27. The van der Waals surface area contributed by atoms with Crippen molar-refractivity contribution in [3.05, 3.63) is 71.3 Å². The largest absolute Gasteiger partial charge is 0.481 e. The number of methoxy groups -OCH3 is 1. The Balaban J connectivity index is 1.73. The molecule has 24 heavy (non-hydrogen) atoms. The van der Waals surface area contributed by atoms with Gasteiger partial charge in [-0.25, -0.2) is 4.98 Å². The molecule has 0 saturated heterocycles. The van der Waals surface area contributed by atoms with Crippen LogP contribution in [0.25, 0.3) is 23.4 Å². The third kappa shape index (κ3) is 2.85. The van der Waals surface area contributed by atoms with Gasteiger partial charge in [0.1, 0.15) is 0 Å². The molecule has 3 heteroatoms. The molecule has 2 atom stereocenters. The van der Waals surface area contributed by atoms with E-state index in [2.05, 4.69) is 65.1 Å². The molecule has 0 fully saturated rings. The number of ether oxygens (including phenoxy) is 1. The Morgan fingerprint density at radius 3 is 2.75 bits per heavy atom. The first-order valence-corrected chi connectivity index (χ1v) is 8.25. The van der Waals surface area contributed by atoms with Crippen molar-refractivity contribution in [2.75, 3.05) is 7.11 Å². The van der Waals surface area contributed by atoms with E-state index < -0.39 is 0 Å². The zero-order valence-corrected chi connectivity index (χ0v) is 13.6. The maximum absolute atomic E-state index is 5.13. The van der Waals surface area contributed by atoms with Crippen molar-refractivity contribution >= 4 is 12.3 Å². The highest BCUT2D eigenvalue weighted by atomic mass is 16.5. The van der Waals surface area contributed by atoms with Crippen LogP contribution in [0.3, 0.4) is 0 Å². The lowest BCUT2D eigenvalue weighted by Gasteiger charge is -2.24. The predicted octanol–water partition coefficient (Wildman–Crippen LogP) is 2.38. The molecule has 120 valence electrons. The number of benzene rings is 1. The highest BCUT2D eigenvalue weighted by Crippen LogP contribution is 2.20. The van der Waals surface area contributed by atoms with E-state index in [0.717, 1.165) is 12.0 Å². The molecule has 1 aromatic heterocycles. The molecule has 4 rings (SSSR count). The third-order valence-electron chi connectivity index (χ3n) is 4.66. The van der Waals surface area contributed by atoms with Crippen molar-refractivity contribution in [3.63, 3.8) is 0 Å². The second kappa shape index (κ2) is 6.36. The number of allylic oxidation sites excluding steroid dienone is 2. The standard InChI is InChI=1S/C21H20N2O/c1-24-21-11-10-19(14-23-21)17-8-9-18-13-22-20-5-3-2-4-15(20)6-7-16(18)12-17/h2-5,7-15,20,22H,6H2,1H3. The summed E-state index contributed by atoms with van der Waals surface area (Å²) in [4.78, 5) is 4.30. The monoisotopic (exact) mass is 316 g/mol. The third-order valence-corrected chi connectivity index (χ3v) is 4.66. The molecular formula is C21H20N2O. The van der Waals surface area contributed by atoms with E-state index in [9.17, 15) is 0 Å². The van der Waals surface area contributed by atoms with Crippen LogP contribution in [0.15, 0.2) is 60.8 Å². The van der Waals surface area contributed by atoms with E-state index in [1.54, 1.807) is 7.11 Å². The van der Waals surface area contributed by atoms with Gasteiger partial charge in [0.15, 0.2) is 0 Å². The van der Waals surface area contributed by atoms with Gasteiger partial charge in [0.05, 0.1) is 13.2 Å². The summed E-state index contributed by atoms with van der Waals surface area (Å²) < 4.78 is 5.13. The zero-order valence-electron chi connectivity index (χ0n) is 13.6. The Labute approximate surface area is 141 Å². The van der Waals surface area contributed by atoms with Crippen LogP contribution in [0.2, 0.25) is 0 Å². The minimum atomic E-state index is 0.380. The predicted molar refractivity (Wildman–Crippen MR) is 97.7 cm³/mol. The summed E-state index contributed by atoms with van der Waals surface area (Å²) >= 11 is 0. The molecule has 0 bridgehead atoms. The summed E-state index contributed by atoms with van der Waals surface area (Å²) in [5.74, 6) is 1.14. The van der Waals surface area contributed by atoms with Crippen LogP contribution in [0.4, 0.5) is 0 Å². The van der Waals surface area contributed by atoms with Gasteiger partial charge in [-0.2, -0.15) is 0 Å². The first kappa shape index (κ1) is 14.8. The Bertz CT molecular complexity index is 910. The van der Waals surface area contributed by atoms with E-state index in [1.165, 1.54) is 16.0 Å². The fraction of sp³-hybridized carbons (Fsp3) is 0.190. The molecular weight excluding hydrogens is 296 g/mol. The molecule has 1 aromatic carbocycles. The molecule has 1 N–H and O–H groups in total. The Kier molecular flexibility index (Phi) is 3.91. The number of nitrogens with zero attached hydrogens (tertiary/aromatic N) is 1. The molecule has 3 nitrogen and oxygen atoms in total. The van der Waals surface area contributed by atoms with Gasteiger partial charge >= 0.3 is 0 Å². The van der Waals surface area contributed by atoms with Crippen molar-refractivity contribution in [1.82, 2.24) is 10.3 Å². The average molecular weight is 316 g/mol. The van der Waals surface area contributed by atoms with Crippen LogP contribution in [-0.4, -0.2) is 18.1 Å². The van der Waals surface area contributed by atoms with Gasteiger partial charge in [-0.1, -0.05) is 42.5 Å². The quantitative estimate of drug-likeness (QED) is 0.924. The minimum Gasteiger partial charge on any atom is -0.481 e. The number of rotatable bonds is 2. The number of hydrogen-bond donors (Lipinski definition) is 1. The lowest BCUT2D eigenvalue weighted by Crippen LogP contribution is -2.37. The Hall–Kier alpha value is -2.81. The van der Waals surface area contributed by atoms with Gasteiger partial charge in [-0.3, -0.25) is 0 Å². The molecule has 1 aliphatic heterocycles. The highest BCUT2D eigenvalue weighted by molar-refractivity contribution is 5.63. The van der Waals surface area contributed by atoms with E-state index in [-0.39, 0.29) is 0 Å². The topological polar surface area (TPSA) is 34.1 Å². The normalized spacial score (nSPS) is 21.2. The lowest BCUT2D eigenvalue weighted by atomic mass is 9.90. The molecule has 1 aliphatic carbocycles. The number of fused-ring (bicyclic) bond motifs is 2. The van der Waals surface area contributed by atoms with Crippen LogP contribution in [-0.2, 0) is 0 Å². The van der Waals surface area contributed by atoms with Crippen LogP contribution in [0.5, 0.6) is 5.88 Å². The van der Waals surface area contributed by atoms with E-state index in [0.29, 0.717) is 17.8 Å². The maximum Gasteiger partial charge on any atom is 0.212 e. The number of nitrogens with one attached hydrogen (secondary N) is 1. The van der Waals surface area contributed by atoms with E-state index >= 15 is 0 Å². The van der Waals surface area contributed by atoms with Crippen molar-refractivity contribution < 1.29 is 4.74 Å². The average Bonchev–Trinajstić information content (AvgIpc) is 2.63. The zero-order chi connectivity index (χ0) is 16.4. The summed E-state index contributed by atoms with van der Waals surface area (Å²) in [6.45, 7) is 0. The van der Waals surface area contributed by atoms with Gasteiger partial charge in [-0.15, -0.1) is 0 Å². The molecule has 2 heterocycles. The highest BCUT2D eigenvalue weighted by Gasteiger charge is 2.17. The lowest BCUT2D eigenvalue weighted by molar-refractivity contribution is 0.398. The van der Waals surface area contributed by atoms with Crippen LogP contribution >= 0.6 is 0 Å². The van der Waals surface area contributed by atoms with Gasteiger partial charge in [0.25, 0.3) is 0 Å². The smallest absolute Gasteiger partial charge is 0.212 e. The van der Waals surface area contributed by atoms with Crippen molar-refractivity contribution in [1.29, 1.82) is 0 Å². The molecule has 0 spiro atoms. The second-order valence-corrected chi connectivity index (χ2v) is 6.14. The van der Waals surface area contributed by atoms with Crippen LogP contribution in [0, 0.1) is 5.92 Å². The van der Waals surface area contributed by atoms with Gasteiger partial charge in [0.2, 0.25) is 5.88 Å².